The Labute approximate surface area is 478 Å². The lowest BCUT2D eigenvalue weighted by Crippen LogP contribution is -2.65. The van der Waals surface area contributed by atoms with Crippen molar-refractivity contribution in [3.63, 3.8) is 0 Å². The van der Waals surface area contributed by atoms with Gasteiger partial charge in [-0.05, 0) is 101 Å². The molecule has 81 heavy (non-hydrogen) atoms. The van der Waals surface area contributed by atoms with E-state index >= 15 is 0 Å². The third kappa shape index (κ3) is 17.0. The molecule has 454 valence electrons. The Morgan fingerprint density at radius 1 is 0.852 bits per heavy atom. The molecule has 20 nitrogen and oxygen atoms in total. The number of carbonyl (C=O) groups is 6. The molecule has 4 bridgehead atoms. The number of nitrogens with zero attached hydrogens (tertiary/aromatic N) is 2. The van der Waals surface area contributed by atoms with Gasteiger partial charge in [0.1, 0.15) is 42.3 Å². The van der Waals surface area contributed by atoms with E-state index in [2.05, 4.69) is 10.2 Å². The fourth-order valence-corrected chi connectivity index (χ4v) is 13.1. The number of fused-ring (bicyclic) bond motifs is 4. The normalized spacial score (nSPS) is 39.9. The molecule has 5 saturated heterocycles. The second-order valence-electron chi connectivity index (χ2n) is 23.9. The summed E-state index contributed by atoms with van der Waals surface area (Å²) < 4.78 is 53.7. The number of ether oxygens (including phenoxy) is 9. The highest BCUT2D eigenvalue weighted by atomic mass is 16.6. The van der Waals surface area contributed by atoms with Crippen LogP contribution in [-0.4, -0.2) is 203 Å². The van der Waals surface area contributed by atoms with Crippen LogP contribution in [0.1, 0.15) is 112 Å². The zero-order valence-corrected chi connectivity index (χ0v) is 49.2. The van der Waals surface area contributed by atoms with Gasteiger partial charge < -0.3 is 63.1 Å². The summed E-state index contributed by atoms with van der Waals surface area (Å²) in [6.07, 6.45) is 9.11. The number of alkyl carbamates (subject to hydrolysis) is 1. The zero-order valence-electron chi connectivity index (χ0n) is 49.2. The third-order valence-corrected chi connectivity index (χ3v) is 18.0. The van der Waals surface area contributed by atoms with E-state index in [0.717, 1.165) is 18.7 Å². The summed E-state index contributed by atoms with van der Waals surface area (Å²) in [7, 11) is 2.96. The molecule has 1 saturated carbocycles. The van der Waals surface area contributed by atoms with Crippen LogP contribution in [0.4, 0.5) is 4.79 Å². The third-order valence-electron chi connectivity index (χ3n) is 18.0. The first-order valence-electron chi connectivity index (χ1n) is 29.8. The van der Waals surface area contributed by atoms with Crippen LogP contribution in [0.3, 0.4) is 0 Å². The number of amides is 2. The van der Waals surface area contributed by atoms with Crippen molar-refractivity contribution in [1.29, 1.82) is 0 Å². The van der Waals surface area contributed by atoms with Crippen molar-refractivity contribution in [2.45, 2.75) is 173 Å². The van der Waals surface area contributed by atoms with Gasteiger partial charge in [-0.2, -0.15) is 0 Å². The van der Waals surface area contributed by atoms with Crippen LogP contribution in [0.2, 0.25) is 0 Å². The van der Waals surface area contributed by atoms with E-state index in [1.165, 1.54) is 12.0 Å². The second-order valence-corrected chi connectivity index (χ2v) is 23.9. The summed E-state index contributed by atoms with van der Waals surface area (Å²) in [6, 6.07) is -1.19. The van der Waals surface area contributed by atoms with Gasteiger partial charge in [-0.1, -0.05) is 64.2 Å². The van der Waals surface area contributed by atoms with Crippen molar-refractivity contribution >= 4 is 35.3 Å². The number of ketones is 3. The Morgan fingerprint density at radius 2 is 1.63 bits per heavy atom. The van der Waals surface area contributed by atoms with Crippen molar-refractivity contribution < 1.29 is 81.6 Å². The molecular formula is C61H93N3O17. The lowest BCUT2D eigenvalue weighted by atomic mass is 9.68. The fourth-order valence-electron chi connectivity index (χ4n) is 13.1. The molecule has 7 aliphatic rings. The second kappa shape index (κ2) is 30.5. The van der Waals surface area contributed by atoms with Crippen LogP contribution in [0.25, 0.3) is 0 Å². The average molecular weight is 1140 g/mol. The average Bonchev–Trinajstić information content (AvgIpc) is 3.57. The first-order chi connectivity index (χ1) is 38.8. The van der Waals surface area contributed by atoms with Gasteiger partial charge in [-0.3, -0.25) is 24.1 Å². The lowest BCUT2D eigenvalue weighted by molar-refractivity contribution is -0.266. The first kappa shape index (κ1) is 64.3. The molecule has 1 aliphatic carbocycles. The summed E-state index contributed by atoms with van der Waals surface area (Å²) >= 11 is 0. The van der Waals surface area contributed by atoms with Gasteiger partial charge in [0, 0.05) is 83.5 Å². The number of hydrogen-bond acceptors (Lipinski definition) is 18. The molecule has 17 atom stereocenters. The molecule has 3 unspecified atom stereocenters. The SMILES string of the molecule is CO[C@@H]1C[C@H](CC2[C@H]3CCCN4C(=O)C(=O)[C@]5(O)O[C@@H](CC[C@H]5C)C[C@H](OCC5COCCO5)/C(C)=C/C=C/C=C/[C@@H](C)C[C@@H](C)C(=O)[C@H](OC)[C@H](O)/C(C)=C/[C@@H](C)C(=O)C[C@@H]2OC(=O)C34)CC[C@H]1OC(=O)NCCN1CCOCC1. The molecule has 2 amide bonds. The summed E-state index contributed by atoms with van der Waals surface area (Å²) in [5, 5.41) is 26.9. The smallest absolute Gasteiger partial charge is 0.407 e. The molecule has 0 aromatic heterocycles. The molecule has 7 rings (SSSR count). The standard InChI is InChI=1S/C61H93N3O17/c1-37-13-10-9-11-14-38(2)50(78-36-45-35-76-27-28-77-45)33-44-18-16-42(6)61(72,81-44)57(68)58(69)64-21-12-15-46-47(31-43-17-19-49(52(32-43)73-7)80-60(71)62-20-22-63-23-25-75-26-24-63)51(79-59(70)53(46)64)34-48(65)39(3)30-41(5)55(67)56(74-8)54(66)40(4)29-37/h9-11,13-14,30,37,39-40,42-47,49-53,55-56,67,72H,12,15-29,31-36H2,1-8H3,(H,62,71)/b11-9+,13-10+,38-14+,41-30+/t37-,39-,40-,42-,43+,44+,45?,46-,47?,49-,50+,51+,52-,53?,55-,56+,61-/m1/s1. The molecule has 6 fully saturated rings. The van der Waals surface area contributed by atoms with Gasteiger partial charge in [0.2, 0.25) is 5.79 Å². The Balaban J connectivity index is 1.16. The minimum absolute atomic E-state index is 0.0180. The number of morpholine rings is 1. The fraction of sp³-hybridized carbons (Fsp3) is 0.770. The van der Waals surface area contributed by atoms with Gasteiger partial charge in [-0.15, -0.1) is 0 Å². The summed E-state index contributed by atoms with van der Waals surface area (Å²) in [6.45, 7) is 16.3. The van der Waals surface area contributed by atoms with Gasteiger partial charge in [-0.25, -0.2) is 9.59 Å². The van der Waals surface area contributed by atoms with Crippen LogP contribution >= 0.6 is 0 Å². The van der Waals surface area contributed by atoms with E-state index in [1.807, 2.05) is 51.2 Å². The summed E-state index contributed by atoms with van der Waals surface area (Å²) in [4.78, 5) is 89.1. The molecule has 0 radical (unpaired) electrons. The van der Waals surface area contributed by atoms with E-state index < -0.39 is 108 Å². The molecule has 0 aromatic carbocycles. The van der Waals surface area contributed by atoms with Crippen LogP contribution in [-0.2, 0) is 66.6 Å². The van der Waals surface area contributed by atoms with Crippen LogP contribution in [0.5, 0.6) is 0 Å². The predicted molar refractivity (Wildman–Crippen MR) is 297 cm³/mol. The number of piperidine rings is 1. The van der Waals surface area contributed by atoms with E-state index in [0.29, 0.717) is 109 Å². The number of Topliss-reactive ketones (excluding diaryl/α,β-unsaturated/α-hetero) is 3. The number of rotatable bonds is 11. The maximum atomic E-state index is 14.8. The number of hydrogen-bond donors (Lipinski definition) is 3. The largest absolute Gasteiger partial charge is 0.460 e. The summed E-state index contributed by atoms with van der Waals surface area (Å²) in [5.41, 5.74) is 1.21. The maximum absolute atomic E-state index is 14.8. The Bertz CT molecular complexity index is 2260. The minimum atomic E-state index is -2.51. The molecule has 6 aliphatic heterocycles. The Kier molecular flexibility index (Phi) is 24.3. The van der Waals surface area contributed by atoms with Crippen molar-refractivity contribution in [1.82, 2.24) is 15.1 Å². The van der Waals surface area contributed by atoms with Gasteiger partial charge in [0.25, 0.3) is 11.7 Å². The number of allylic oxidation sites excluding steroid dienone is 6. The molecule has 0 aromatic rings. The van der Waals surface area contributed by atoms with Crippen molar-refractivity contribution in [2.75, 3.05) is 86.6 Å². The van der Waals surface area contributed by atoms with Crippen molar-refractivity contribution in [3.8, 4) is 0 Å². The highest BCUT2D eigenvalue weighted by Gasteiger charge is 2.57. The number of nitrogens with one attached hydrogen (secondary N) is 1. The monoisotopic (exact) mass is 1140 g/mol. The van der Waals surface area contributed by atoms with E-state index in [9.17, 15) is 39.0 Å². The molecule has 0 spiro atoms. The van der Waals surface area contributed by atoms with Crippen LogP contribution in [0.15, 0.2) is 47.6 Å². The number of carbonyl (C=O) groups excluding carboxylic acids is 6. The van der Waals surface area contributed by atoms with E-state index in [-0.39, 0.29) is 55.5 Å². The van der Waals surface area contributed by atoms with E-state index in [1.54, 1.807) is 34.0 Å². The minimum Gasteiger partial charge on any atom is -0.460 e. The van der Waals surface area contributed by atoms with Crippen molar-refractivity contribution in [3.05, 3.63) is 47.6 Å². The Morgan fingerprint density at radius 3 is 2.36 bits per heavy atom. The number of methoxy groups -OCH3 is 2. The predicted octanol–water partition coefficient (Wildman–Crippen LogP) is 5.25. The van der Waals surface area contributed by atoms with Gasteiger partial charge in [0.05, 0.1) is 58.0 Å². The van der Waals surface area contributed by atoms with Crippen LogP contribution < -0.4 is 5.32 Å². The maximum Gasteiger partial charge on any atom is 0.407 e. The molecule has 20 heteroatoms. The highest BCUT2D eigenvalue weighted by molar-refractivity contribution is 6.39. The van der Waals surface area contributed by atoms with Gasteiger partial charge >= 0.3 is 12.1 Å². The highest BCUT2D eigenvalue weighted by Crippen LogP contribution is 2.46. The summed E-state index contributed by atoms with van der Waals surface area (Å²) in [5.74, 6) is -9.08. The van der Waals surface area contributed by atoms with Gasteiger partial charge in [0.15, 0.2) is 5.78 Å². The molecule has 3 N–H and O–H groups in total. The van der Waals surface area contributed by atoms with Crippen LogP contribution in [0, 0.1) is 41.4 Å². The first-order valence-corrected chi connectivity index (χ1v) is 29.8. The number of aliphatic hydroxyl groups excluding tert-OH is 1. The topological polar surface area (TPSA) is 244 Å². The number of esters is 1. The molecule has 6 heterocycles. The Hall–Kier alpha value is -4.22. The quantitative estimate of drug-likeness (QED) is 0.136. The van der Waals surface area contributed by atoms with E-state index in [4.69, 9.17) is 42.6 Å². The zero-order chi connectivity index (χ0) is 58.4. The lowest BCUT2D eigenvalue weighted by Gasteiger charge is -2.50. The van der Waals surface area contributed by atoms with Crippen molar-refractivity contribution in [2.24, 2.45) is 41.4 Å². The molecular weight excluding hydrogens is 1050 g/mol. The number of aliphatic hydroxyl groups is 2.